The first-order chi connectivity index (χ1) is 12.3. The summed E-state index contributed by atoms with van der Waals surface area (Å²) < 4.78 is 13.7. The molecule has 0 fully saturated rings. The van der Waals surface area contributed by atoms with Gasteiger partial charge in [-0.05, 0) is 24.2 Å². The van der Waals surface area contributed by atoms with Gasteiger partial charge in [-0.3, -0.25) is 0 Å². The Morgan fingerprint density at radius 2 is 1.70 bits per heavy atom. The molecule has 1 aromatic heterocycles. The first kappa shape index (κ1) is 21.5. The summed E-state index contributed by atoms with van der Waals surface area (Å²) in [4.78, 5) is 0. The summed E-state index contributed by atoms with van der Waals surface area (Å²) in [7, 11) is -0.138. The van der Waals surface area contributed by atoms with Crippen LogP contribution in [0.1, 0.15) is 52.8 Å². The average Bonchev–Trinajstić information content (AvgIpc) is 2.94. The molecule has 2 rings (SSSR count). The predicted octanol–water partition coefficient (Wildman–Crippen LogP) is 5.28. The highest BCUT2D eigenvalue weighted by Gasteiger charge is 2.37. The van der Waals surface area contributed by atoms with Gasteiger partial charge in [0, 0.05) is 23.1 Å². The van der Waals surface area contributed by atoms with Crippen molar-refractivity contribution in [3.63, 3.8) is 0 Å². The van der Waals surface area contributed by atoms with Gasteiger partial charge in [0.05, 0.1) is 25.1 Å². The smallest absolute Gasteiger partial charge is 0.192 e. The van der Waals surface area contributed by atoms with Gasteiger partial charge < -0.3 is 14.9 Å². The lowest BCUT2D eigenvalue weighted by Crippen LogP contribution is -2.40. The predicted molar refractivity (Wildman–Crippen MR) is 115 cm³/mol. The molecule has 0 aliphatic rings. The van der Waals surface area contributed by atoms with Gasteiger partial charge in [0.2, 0.25) is 0 Å². The molecule has 0 aliphatic carbocycles. The minimum atomic E-state index is -1.82. The van der Waals surface area contributed by atoms with E-state index in [4.69, 9.17) is 14.9 Å². The van der Waals surface area contributed by atoms with Crippen LogP contribution < -0.4 is 10.5 Å². The second-order valence-corrected chi connectivity index (χ2v) is 14.5. The lowest BCUT2D eigenvalue weighted by atomic mass is 9.92. The summed E-state index contributed by atoms with van der Waals surface area (Å²) in [5, 5.41) is 4.86. The summed E-state index contributed by atoms with van der Waals surface area (Å²) in [6, 6.07) is 7.96. The van der Waals surface area contributed by atoms with E-state index in [2.05, 4.69) is 59.7 Å². The second kappa shape index (κ2) is 7.32. The van der Waals surface area contributed by atoms with Crippen LogP contribution in [0.5, 0.6) is 5.75 Å². The number of hydrogen-bond acceptors (Lipinski definition) is 4. The third-order valence-corrected chi connectivity index (χ3v) is 9.89. The molecule has 1 aromatic carbocycles. The Morgan fingerprint density at radius 1 is 1.07 bits per heavy atom. The van der Waals surface area contributed by atoms with Gasteiger partial charge in [0.25, 0.3) is 0 Å². The molecular weight excluding hydrogens is 354 g/mol. The SMILES string of the molecule is COc1cc(-n2nc(C(C)(C)C)cc2N)ccc1CO[Si](C)(C)C(C)(C)C. The largest absolute Gasteiger partial charge is 0.496 e. The fraction of sp³-hybridized carbons (Fsp3) is 0.571. The quantitative estimate of drug-likeness (QED) is 0.706. The molecule has 5 nitrogen and oxygen atoms in total. The average molecular weight is 390 g/mol. The summed E-state index contributed by atoms with van der Waals surface area (Å²) in [6.45, 7) is 18.2. The number of anilines is 1. The Kier molecular flexibility index (Phi) is 5.83. The third kappa shape index (κ3) is 4.74. The Balaban J connectivity index is 2.31. The molecule has 0 unspecified atom stereocenters. The fourth-order valence-corrected chi connectivity index (χ4v) is 3.38. The normalized spacial score (nSPS) is 13.1. The molecule has 0 radical (unpaired) electrons. The van der Waals surface area contributed by atoms with Crippen LogP contribution >= 0.6 is 0 Å². The first-order valence-corrected chi connectivity index (χ1v) is 12.3. The molecule has 0 aliphatic heterocycles. The molecule has 1 heterocycles. The number of rotatable bonds is 5. The maximum atomic E-state index is 6.35. The van der Waals surface area contributed by atoms with E-state index in [1.807, 2.05) is 24.3 Å². The number of ether oxygens (including phenoxy) is 1. The zero-order valence-electron chi connectivity index (χ0n) is 18.3. The van der Waals surface area contributed by atoms with Crippen molar-refractivity contribution in [2.24, 2.45) is 0 Å². The van der Waals surface area contributed by atoms with Gasteiger partial charge in [0.1, 0.15) is 11.6 Å². The molecule has 2 N–H and O–H groups in total. The highest BCUT2D eigenvalue weighted by molar-refractivity contribution is 6.74. The van der Waals surface area contributed by atoms with E-state index in [0.717, 1.165) is 22.7 Å². The topological polar surface area (TPSA) is 62.3 Å². The molecule has 0 atom stereocenters. The third-order valence-electron chi connectivity index (χ3n) is 5.42. The lowest BCUT2D eigenvalue weighted by molar-refractivity contribution is 0.269. The molecule has 0 saturated carbocycles. The highest BCUT2D eigenvalue weighted by Crippen LogP contribution is 2.38. The molecule has 2 aromatic rings. The van der Waals surface area contributed by atoms with Gasteiger partial charge in [-0.15, -0.1) is 0 Å². The summed E-state index contributed by atoms with van der Waals surface area (Å²) in [6.07, 6.45) is 0. The zero-order valence-corrected chi connectivity index (χ0v) is 19.3. The van der Waals surface area contributed by atoms with Gasteiger partial charge in [-0.25, -0.2) is 4.68 Å². The first-order valence-electron chi connectivity index (χ1n) is 9.43. The standard InChI is InChI=1S/C21H35N3O2Si/c1-20(2,3)18-13-19(22)24(23-18)16-11-10-15(17(12-16)25-7)14-26-27(8,9)21(4,5)6/h10-13H,14,22H2,1-9H3. The van der Waals surface area contributed by atoms with Crippen molar-refractivity contribution in [2.75, 3.05) is 12.8 Å². The van der Waals surface area contributed by atoms with Crippen molar-refractivity contribution >= 4 is 14.1 Å². The second-order valence-electron chi connectivity index (χ2n) is 9.66. The van der Waals surface area contributed by atoms with E-state index in [1.54, 1.807) is 11.8 Å². The number of nitrogens with two attached hydrogens (primary N) is 1. The van der Waals surface area contributed by atoms with E-state index in [0.29, 0.717) is 12.4 Å². The Morgan fingerprint density at radius 3 is 2.19 bits per heavy atom. The van der Waals surface area contributed by atoms with Crippen LogP contribution in [0.4, 0.5) is 5.82 Å². The molecule has 27 heavy (non-hydrogen) atoms. The summed E-state index contributed by atoms with van der Waals surface area (Å²) in [5.74, 6) is 1.41. The number of benzene rings is 1. The molecule has 0 spiro atoms. The zero-order chi connectivity index (χ0) is 20.6. The molecule has 0 amide bonds. The Hall–Kier alpha value is -1.79. The van der Waals surface area contributed by atoms with Crippen molar-refractivity contribution < 1.29 is 9.16 Å². The van der Waals surface area contributed by atoms with Gasteiger partial charge in [-0.2, -0.15) is 5.10 Å². The van der Waals surface area contributed by atoms with Gasteiger partial charge in [0.15, 0.2) is 8.32 Å². The van der Waals surface area contributed by atoms with E-state index < -0.39 is 8.32 Å². The summed E-state index contributed by atoms with van der Waals surface area (Å²) >= 11 is 0. The number of aromatic nitrogens is 2. The van der Waals surface area contributed by atoms with Crippen LogP contribution in [0.15, 0.2) is 24.3 Å². The maximum absolute atomic E-state index is 6.35. The van der Waals surface area contributed by atoms with Gasteiger partial charge >= 0.3 is 0 Å². The lowest BCUT2D eigenvalue weighted by Gasteiger charge is -2.36. The maximum Gasteiger partial charge on any atom is 0.192 e. The molecule has 0 bridgehead atoms. The minimum absolute atomic E-state index is 0.0552. The van der Waals surface area contributed by atoms with Crippen molar-refractivity contribution in [3.8, 4) is 11.4 Å². The van der Waals surface area contributed by atoms with Crippen molar-refractivity contribution in [3.05, 3.63) is 35.5 Å². The van der Waals surface area contributed by atoms with Crippen LogP contribution in [0.25, 0.3) is 5.69 Å². The van der Waals surface area contributed by atoms with Crippen LogP contribution in [0, 0.1) is 0 Å². The van der Waals surface area contributed by atoms with Crippen LogP contribution in [-0.2, 0) is 16.4 Å². The molecule has 6 heteroatoms. The fourth-order valence-electron chi connectivity index (χ4n) is 2.43. The molecule has 0 saturated heterocycles. The Labute approximate surface area is 165 Å². The summed E-state index contributed by atoms with van der Waals surface area (Å²) in [5.41, 5.74) is 9.03. The molecular formula is C21H35N3O2Si. The molecule has 150 valence electrons. The van der Waals surface area contributed by atoms with E-state index in [1.165, 1.54) is 0 Å². The Bertz CT molecular complexity index is 799. The number of nitrogen functional groups attached to an aromatic ring is 1. The monoisotopic (exact) mass is 389 g/mol. The number of hydrogen-bond donors (Lipinski definition) is 1. The highest BCUT2D eigenvalue weighted by atomic mass is 28.4. The van der Waals surface area contributed by atoms with Crippen molar-refractivity contribution in [2.45, 2.75) is 71.7 Å². The number of methoxy groups -OCH3 is 1. The van der Waals surface area contributed by atoms with Crippen molar-refractivity contribution in [1.82, 2.24) is 9.78 Å². The van der Waals surface area contributed by atoms with E-state index in [9.17, 15) is 0 Å². The van der Waals surface area contributed by atoms with Gasteiger partial charge in [-0.1, -0.05) is 47.6 Å². The van der Waals surface area contributed by atoms with Crippen LogP contribution in [0.3, 0.4) is 0 Å². The van der Waals surface area contributed by atoms with Crippen LogP contribution in [-0.4, -0.2) is 25.2 Å². The minimum Gasteiger partial charge on any atom is -0.496 e. The van der Waals surface area contributed by atoms with Crippen molar-refractivity contribution in [1.29, 1.82) is 0 Å². The number of nitrogens with zero attached hydrogens (tertiary/aromatic N) is 2. The van der Waals surface area contributed by atoms with E-state index in [-0.39, 0.29) is 10.5 Å². The van der Waals surface area contributed by atoms with Crippen LogP contribution in [0.2, 0.25) is 18.1 Å². The van der Waals surface area contributed by atoms with E-state index >= 15 is 0 Å².